The van der Waals surface area contributed by atoms with Crippen LogP contribution in [-0.2, 0) is 0 Å². The zero-order chi connectivity index (χ0) is 37.9. The van der Waals surface area contributed by atoms with E-state index in [1.807, 2.05) is 23.1 Å². The smallest absolute Gasteiger partial charge is 0.135 e. The summed E-state index contributed by atoms with van der Waals surface area (Å²) in [5.41, 5.74) is 12.7. The van der Waals surface area contributed by atoms with Gasteiger partial charge in [-0.05, 0) is 76.9 Å². The molecule has 0 saturated heterocycles. The van der Waals surface area contributed by atoms with Crippen molar-refractivity contribution in [1.29, 1.82) is 0 Å². The molecule has 8 aromatic carbocycles. The quantitative estimate of drug-likeness (QED) is 0.187. The van der Waals surface area contributed by atoms with E-state index in [9.17, 15) is 0 Å². The van der Waals surface area contributed by atoms with Crippen LogP contribution in [0.15, 0.2) is 190 Å². The van der Waals surface area contributed by atoms with E-state index < -0.39 is 0 Å². The molecule has 6 heteroatoms. The minimum absolute atomic E-state index is 0.0894. The van der Waals surface area contributed by atoms with E-state index in [4.69, 9.17) is 4.42 Å². The summed E-state index contributed by atoms with van der Waals surface area (Å²) in [6.07, 6.45) is -0.142. The summed E-state index contributed by atoms with van der Waals surface area (Å²) >= 11 is 3.73. The van der Waals surface area contributed by atoms with E-state index in [0.29, 0.717) is 0 Å². The highest BCUT2D eigenvalue weighted by atomic mass is 32.2. The van der Waals surface area contributed by atoms with Crippen LogP contribution in [0.3, 0.4) is 0 Å². The summed E-state index contributed by atoms with van der Waals surface area (Å²) in [4.78, 5) is 2.62. The van der Waals surface area contributed by atoms with Gasteiger partial charge in [0.25, 0.3) is 0 Å². The van der Waals surface area contributed by atoms with E-state index in [1.165, 1.54) is 91.0 Å². The first-order valence-electron chi connectivity index (χ1n) is 19.7. The third kappa shape index (κ3) is 4.74. The van der Waals surface area contributed by atoms with Gasteiger partial charge in [0.1, 0.15) is 17.3 Å². The van der Waals surface area contributed by atoms with Crippen molar-refractivity contribution in [1.82, 2.24) is 15.2 Å². The molecule has 0 spiro atoms. The first-order valence-corrected chi connectivity index (χ1v) is 21.4. The van der Waals surface area contributed by atoms with Crippen LogP contribution >= 0.6 is 23.1 Å². The molecule has 11 aromatic rings. The van der Waals surface area contributed by atoms with Gasteiger partial charge in [-0.3, -0.25) is 5.32 Å². The van der Waals surface area contributed by atoms with Crippen LogP contribution in [-0.4, -0.2) is 4.57 Å². The largest absolute Gasteiger partial charge is 0.456 e. The average molecular weight is 780 g/mol. The minimum atomic E-state index is -0.142. The molecule has 0 bridgehead atoms. The number of furan rings is 1. The lowest BCUT2D eigenvalue weighted by Crippen LogP contribution is -2.40. The fourth-order valence-electron chi connectivity index (χ4n) is 9.57. The number of thiophene rings is 1. The minimum Gasteiger partial charge on any atom is -0.456 e. The fraction of sp³-hybridized carbons (Fsp3) is 0.0385. The summed E-state index contributed by atoms with van der Waals surface area (Å²) in [7, 11) is 0. The molecule has 3 aromatic heterocycles. The Bertz CT molecular complexity index is 3470. The maximum absolute atomic E-state index is 6.61. The number of hydrogen-bond acceptors (Lipinski definition) is 5. The predicted octanol–water partition coefficient (Wildman–Crippen LogP) is 14.1. The number of hydrogen-bond donors (Lipinski definition) is 2. The summed E-state index contributed by atoms with van der Waals surface area (Å²) in [5, 5.41) is 15.4. The third-order valence-electron chi connectivity index (χ3n) is 12.1. The van der Waals surface area contributed by atoms with E-state index >= 15 is 0 Å². The molecule has 5 heterocycles. The van der Waals surface area contributed by atoms with E-state index in [0.717, 1.165) is 21.9 Å². The van der Waals surface area contributed by atoms with Gasteiger partial charge >= 0.3 is 0 Å². The van der Waals surface area contributed by atoms with E-state index in [2.05, 4.69) is 191 Å². The summed E-state index contributed by atoms with van der Waals surface area (Å²) in [6, 6.07) is 64.0. The Hall–Kier alpha value is -6.57. The predicted molar refractivity (Wildman–Crippen MR) is 244 cm³/mol. The van der Waals surface area contributed by atoms with Gasteiger partial charge in [-0.15, -0.1) is 11.3 Å². The highest BCUT2D eigenvalue weighted by Crippen LogP contribution is 2.53. The fourth-order valence-corrected chi connectivity index (χ4v) is 12.0. The van der Waals surface area contributed by atoms with Crippen LogP contribution in [0.5, 0.6) is 0 Å². The van der Waals surface area contributed by atoms with Gasteiger partial charge in [0, 0.05) is 62.8 Å². The monoisotopic (exact) mass is 779 g/mol. The zero-order valence-electron chi connectivity index (χ0n) is 31.1. The molecule has 58 heavy (non-hydrogen) atoms. The normalized spacial score (nSPS) is 16.6. The lowest BCUT2D eigenvalue weighted by atomic mass is 9.95. The number of rotatable bonds is 4. The van der Waals surface area contributed by atoms with Crippen molar-refractivity contribution >= 4 is 92.7 Å². The Kier molecular flexibility index (Phi) is 6.99. The molecule has 274 valence electrons. The Balaban J connectivity index is 0.950. The Morgan fingerprint density at radius 1 is 0.517 bits per heavy atom. The van der Waals surface area contributed by atoms with Crippen molar-refractivity contribution in [3.63, 3.8) is 0 Å². The molecule has 2 unspecified atom stereocenters. The second-order valence-corrected chi connectivity index (χ2v) is 17.5. The molecule has 4 nitrogen and oxygen atoms in total. The molecular formula is C52H33N3OS2. The molecule has 0 amide bonds. The second kappa shape index (κ2) is 12.5. The van der Waals surface area contributed by atoms with Crippen LogP contribution in [0, 0.1) is 0 Å². The van der Waals surface area contributed by atoms with Gasteiger partial charge in [-0.1, -0.05) is 133 Å². The van der Waals surface area contributed by atoms with Gasteiger partial charge in [-0.25, -0.2) is 0 Å². The van der Waals surface area contributed by atoms with Crippen LogP contribution in [0.25, 0.3) is 86.4 Å². The molecule has 0 aliphatic carbocycles. The van der Waals surface area contributed by atoms with Crippen molar-refractivity contribution in [2.75, 3.05) is 0 Å². The van der Waals surface area contributed by atoms with Crippen molar-refractivity contribution in [3.8, 4) is 16.8 Å². The summed E-state index contributed by atoms with van der Waals surface area (Å²) in [5.74, 6) is 0. The molecular weight excluding hydrogens is 747 g/mol. The highest BCUT2D eigenvalue weighted by Gasteiger charge is 2.37. The van der Waals surface area contributed by atoms with Gasteiger partial charge in [-0.2, -0.15) is 0 Å². The van der Waals surface area contributed by atoms with Gasteiger partial charge in [0.05, 0.1) is 22.8 Å². The molecule has 2 aliphatic heterocycles. The maximum atomic E-state index is 6.61. The maximum Gasteiger partial charge on any atom is 0.135 e. The number of aromatic nitrogens is 1. The second-order valence-electron chi connectivity index (χ2n) is 15.3. The molecule has 13 rings (SSSR count). The van der Waals surface area contributed by atoms with Crippen LogP contribution in [0.2, 0.25) is 0 Å². The number of nitrogens with one attached hydrogen (secondary N) is 2. The topological polar surface area (TPSA) is 42.1 Å². The molecule has 0 fully saturated rings. The lowest BCUT2D eigenvalue weighted by Gasteiger charge is -2.34. The number of fused-ring (bicyclic) bond motifs is 12. The van der Waals surface area contributed by atoms with Gasteiger partial charge in [0.15, 0.2) is 0 Å². The lowest BCUT2D eigenvalue weighted by molar-refractivity contribution is 0.441. The number of benzene rings is 8. The SMILES string of the molecule is c1ccc(C2=C3Sc4ccccc4C3NC(c3cccc4oc5ccc(-c6cccc7sc8cc(-n9c%10ccccc%10c%10ccccc%109)ccc8c67)cc5c34)N2)cc1. The van der Waals surface area contributed by atoms with Gasteiger partial charge < -0.3 is 14.3 Å². The van der Waals surface area contributed by atoms with Crippen molar-refractivity contribution in [2.24, 2.45) is 0 Å². The van der Waals surface area contributed by atoms with E-state index in [1.54, 1.807) is 0 Å². The first-order chi connectivity index (χ1) is 28.7. The Labute approximate surface area is 342 Å². The van der Waals surface area contributed by atoms with Crippen LogP contribution in [0.1, 0.15) is 28.9 Å². The van der Waals surface area contributed by atoms with Crippen LogP contribution in [0.4, 0.5) is 0 Å². The molecule has 2 N–H and O–H groups in total. The summed E-state index contributed by atoms with van der Waals surface area (Å²) < 4.78 is 11.6. The zero-order valence-corrected chi connectivity index (χ0v) is 32.7. The Morgan fingerprint density at radius 3 is 2.14 bits per heavy atom. The summed E-state index contributed by atoms with van der Waals surface area (Å²) in [6.45, 7) is 0. The average Bonchev–Trinajstić information content (AvgIpc) is 4.04. The molecule has 0 radical (unpaired) electrons. The van der Waals surface area contributed by atoms with Crippen molar-refractivity contribution in [3.05, 3.63) is 198 Å². The highest BCUT2D eigenvalue weighted by molar-refractivity contribution is 8.03. The van der Waals surface area contributed by atoms with Crippen molar-refractivity contribution in [2.45, 2.75) is 17.1 Å². The number of para-hydroxylation sites is 2. The Morgan fingerprint density at radius 2 is 1.28 bits per heavy atom. The number of thioether (sulfide) groups is 1. The first kappa shape index (κ1) is 32.5. The van der Waals surface area contributed by atoms with Crippen molar-refractivity contribution < 1.29 is 4.42 Å². The molecule has 0 saturated carbocycles. The van der Waals surface area contributed by atoms with Crippen LogP contribution < -0.4 is 10.6 Å². The van der Waals surface area contributed by atoms with Gasteiger partial charge in [0.2, 0.25) is 0 Å². The number of nitrogens with zero attached hydrogens (tertiary/aromatic N) is 1. The molecule has 2 atom stereocenters. The van der Waals surface area contributed by atoms with E-state index in [-0.39, 0.29) is 12.2 Å². The molecule has 2 aliphatic rings. The third-order valence-corrected chi connectivity index (χ3v) is 14.5. The standard InChI is InChI=1S/C52H33N3OS2/c1-2-12-30(13-3-1)49-51-50(37-16-6-9-22-44(37)58-51)54-52(53-49)38-18-10-21-43-47(38)39-28-31(24-27-42(39)56-43)33-17-11-23-45-48(33)36-26-25-32(29-46(36)57-45)55-40-19-7-4-14-34(40)35-15-5-8-20-41(35)55/h1-29,50,52-54H.